The minimum absolute atomic E-state index is 0.191. The van der Waals surface area contributed by atoms with Crippen LogP contribution in [-0.4, -0.2) is 10.1 Å². The zero-order valence-electron chi connectivity index (χ0n) is 13.0. The number of anilines is 2. The van der Waals surface area contributed by atoms with E-state index in [0.29, 0.717) is 4.88 Å². The number of nitrogens with one attached hydrogen (secondary N) is 1. The smallest absolute Gasteiger partial charge is 0.226 e. The zero-order valence-corrected chi connectivity index (χ0v) is 15.5. The van der Waals surface area contributed by atoms with E-state index in [0.717, 1.165) is 32.5 Å². The molecule has 0 saturated heterocycles. The summed E-state index contributed by atoms with van der Waals surface area (Å²) in [7, 11) is 0. The molecule has 3 nitrogen and oxygen atoms in total. The number of thiazole rings is 1. The second kappa shape index (κ2) is 6.47. The molecule has 0 amide bonds. The first kappa shape index (κ1) is 16.2. The molecule has 3 aromatic rings. The molecule has 3 rings (SSSR count). The van der Waals surface area contributed by atoms with Crippen molar-refractivity contribution in [1.29, 1.82) is 0 Å². The Bertz CT molecular complexity index is 880. The molecule has 0 aliphatic carbocycles. The maximum atomic E-state index is 11.5. The predicted octanol–water partition coefficient (Wildman–Crippen LogP) is 5.61. The monoisotopic (exact) mass is 360 g/mol. The molecular formula is C17H16N2OS3. The Morgan fingerprint density at radius 3 is 2.70 bits per heavy atom. The van der Waals surface area contributed by atoms with Crippen LogP contribution < -0.4 is 5.32 Å². The molecule has 0 spiro atoms. The summed E-state index contributed by atoms with van der Waals surface area (Å²) in [4.78, 5) is 17.9. The summed E-state index contributed by atoms with van der Waals surface area (Å²) in [6.45, 7) is 6.00. The van der Waals surface area contributed by atoms with Crippen LogP contribution in [0.5, 0.6) is 0 Å². The number of thiol groups is 1. The van der Waals surface area contributed by atoms with E-state index in [9.17, 15) is 4.79 Å². The molecule has 0 atom stereocenters. The molecule has 118 valence electrons. The van der Waals surface area contributed by atoms with Gasteiger partial charge in [-0.3, -0.25) is 4.79 Å². The van der Waals surface area contributed by atoms with Gasteiger partial charge in [0.1, 0.15) is 0 Å². The molecule has 0 saturated carbocycles. The summed E-state index contributed by atoms with van der Waals surface area (Å²) >= 11 is 6.96. The number of rotatable bonds is 4. The average Bonchev–Trinajstić information content (AvgIpc) is 3.07. The molecule has 0 aliphatic heterocycles. The summed E-state index contributed by atoms with van der Waals surface area (Å²) in [6, 6.07) is 8.29. The quantitative estimate of drug-likeness (QED) is 0.594. The normalized spacial score (nSPS) is 10.8. The van der Waals surface area contributed by atoms with E-state index >= 15 is 0 Å². The Labute approximate surface area is 148 Å². The lowest BCUT2D eigenvalue weighted by atomic mass is 10.1. The Balaban J connectivity index is 1.89. The van der Waals surface area contributed by atoms with Crippen molar-refractivity contribution in [3.63, 3.8) is 0 Å². The van der Waals surface area contributed by atoms with Gasteiger partial charge in [-0.2, -0.15) is 0 Å². The van der Waals surface area contributed by atoms with Crippen molar-refractivity contribution in [2.45, 2.75) is 20.8 Å². The molecule has 0 aliphatic rings. The van der Waals surface area contributed by atoms with E-state index < -0.39 is 0 Å². The Hall–Kier alpha value is -1.63. The standard InChI is InChI=1S/C17H16N2OS3/c1-9-5-4-6-12(7-9)13-8-22-17(18-13)19-14-10(2)15(16(20)21)23-11(14)3/h4-8H,1-3H3,(H,18,19)(H,20,21). The first-order valence-electron chi connectivity index (χ1n) is 7.08. The number of aromatic nitrogens is 1. The minimum Gasteiger partial charge on any atom is -0.330 e. The van der Waals surface area contributed by atoms with Gasteiger partial charge in [-0.15, -0.1) is 22.7 Å². The van der Waals surface area contributed by atoms with Crippen molar-refractivity contribution in [3.8, 4) is 11.3 Å². The van der Waals surface area contributed by atoms with Crippen molar-refractivity contribution in [1.82, 2.24) is 4.98 Å². The summed E-state index contributed by atoms with van der Waals surface area (Å²) in [5.74, 6) is 0. The van der Waals surface area contributed by atoms with Crippen LogP contribution in [0.25, 0.3) is 11.3 Å². The van der Waals surface area contributed by atoms with Gasteiger partial charge in [0, 0.05) is 15.8 Å². The van der Waals surface area contributed by atoms with Crippen molar-refractivity contribution in [2.75, 3.05) is 5.32 Å². The number of carbonyl (C=O) groups is 1. The van der Waals surface area contributed by atoms with Crippen molar-refractivity contribution in [2.24, 2.45) is 0 Å². The summed E-state index contributed by atoms with van der Waals surface area (Å²) in [5, 5.41) is 6.02. The van der Waals surface area contributed by atoms with Gasteiger partial charge < -0.3 is 5.32 Å². The lowest BCUT2D eigenvalue weighted by molar-refractivity contribution is 0.109. The van der Waals surface area contributed by atoms with E-state index in [4.69, 9.17) is 0 Å². The molecule has 2 heterocycles. The van der Waals surface area contributed by atoms with Gasteiger partial charge in [0.2, 0.25) is 5.12 Å². The van der Waals surface area contributed by atoms with Crippen LogP contribution in [-0.2, 0) is 0 Å². The largest absolute Gasteiger partial charge is 0.330 e. The SMILES string of the molecule is Cc1cccc(-c2csc(Nc3c(C)sc(C(=O)S)c3C)n2)c1. The number of benzene rings is 1. The zero-order chi connectivity index (χ0) is 16.6. The van der Waals surface area contributed by atoms with Crippen LogP contribution in [0.1, 0.15) is 25.7 Å². The first-order valence-corrected chi connectivity index (χ1v) is 9.23. The molecule has 0 unspecified atom stereocenters. The van der Waals surface area contributed by atoms with Gasteiger partial charge in [0.05, 0.1) is 16.3 Å². The first-order chi connectivity index (χ1) is 11.0. The highest BCUT2D eigenvalue weighted by Gasteiger charge is 2.17. The molecule has 6 heteroatoms. The highest BCUT2D eigenvalue weighted by atomic mass is 32.1. The molecule has 0 radical (unpaired) electrons. The number of hydrogen-bond acceptors (Lipinski definition) is 5. The van der Waals surface area contributed by atoms with Crippen molar-refractivity contribution >= 4 is 51.2 Å². The van der Waals surface area contributed by atoms with Gasteiger partial charge in [0.25, 0.3) is 0 Å². The van der Waals surface area contributed by atoms with Crippen LogP contribution in [0, 0.1) is 20.8 Å². The third-order valence-electron chi connectivity index (χ3n) is 3.57. The fourth-order valence-electron chi connectivity index (χ4n) is 2.42. The van der Waals surface area contributed by atoms with Gasteiger partial charge in [-0.05, 0) is 32.4 Å². The molecular weight excluding hydrogens is 344 g/mol. The average molecular weight is 361 g/mol. The van der Waals surface area contributed by atoms with E-state index in [1.54, 1.807) is 11.3 Å². The summed E-state index contributed by atoms with van der Waals surface area (Å²) in [5.41, 5.74) is 5.17. The van der Waals surface area contributed by atoms with Crippen LogP contribution in [0.3, 0.4) is 0 Å². The number of carbonyl (C=O) groups excluding carboxylic acids is 1. The van der Waals surface area contributed by atoms with E-state index in [-0.39, 0.29) is 5.12 Å². The summed E-state index contributed by atoms with van der Waals surface area (Å²) in [6.07, 6.45) is 0. The van der Waals surface area contributed by atoms with Gasteiger partial charge in [-0.25, -0.2) is 4.98 Å². The molecule has 2 aromatic heterocycles. The predicted molar refractivity (Wildman–Crippen MR) is 103 cm³/mol. The maximum Gasteiger partial charge on any atom is 0.226 e. The fraction of sp³-hybridized carbons (Fsp3) is 0.176. The highest BCUT2D eigenvalue weighted by molar-refractivity contribution is 7.97. The van der Waals surface area contributed by atoms with E-state index in [1.807, 2.05) is 25.3 Å². The number of thiophene rings is 1. The number of hydrogen-bond donors (Lipinski definition) is 2. The third-order valence-corrected chi connectivity index (χ3v) is 5.91. The minimum atomic E-state index is -0.191. The van der Waals surface area contributed by atoms with E-state index in [2.05, 4.69) is 48.1 Å². The Morgan fingerprint density at radius 2 is 2.04 bits per heavy atom. The Kier molecular flexibility index (Phi) is 4.57. The fourth-order valence-corrected chi connectivity index (χ4v) is 4.40. The number of nitrogens with zero attached hydrogens (tertiary/aromatic N) is 1. The lowest BCUT2D eigenvalue weighted by Gasteiger charge is -2.04. The lowest BCUT2D eigenvalue weighted by Crippen LogP contribution is -1.94. The van der Waals surface area contributed by atoms with Gasteiger partial charge in [-0.1, -0.05) is 36.4 Å². The van der Waals surface area contributed by atoms with Crippen molar-refractivity contribution < 1.29 is 4.79 Å². The summed E-state index contributed by atoms with van der Waals surface area (Å²) < 4.78 is 0. The van der Waals surface area contributed by atoms with Gasteiger partial charge in [0.15, 0.2) is 5.13 Å². The molecule has 23 heavy (non-hydrogen) atoms. The third kappa shape index (κ3) is 3.34. The molecule has 1 N–H and O–H groups in total. The molecule has 1 aromatic carbocycles. The van der Waals surface area contributed by atoms with E-state index in [1.165, 1.54) is 16.9 Å². The number of aryl methyl sites for hydroxylation is 2. The van der Waals surface area contributed by atoms with Crippen LogP contribution in [0.2, 0.25) is 0 Å². The molecule has 0 fully saturated rings. The highest BCUT2D eigenvalue weighted by Crippen LogP contribution is 2.36. The Morgan fingerprint density at radius 1 is 1.26 bits per heavy atom. The van der Waals surface area contributed by atoms with Crippen LogP contribution in [0.15, 0.2) is 29.6 Å². The second-order valence-corrected chi connectivity index (χ2v) is 7.81. The van der Waals surface area contributed by atoms with Crippen LogP contribution in [0.4, 0.5) is 10.8 Å². The van der Waals surface area contributed by atoms with Crippen LogP contribution >= 0.6 is 35.3 Å². The molecule has 0 bridgehead atoms. The van der Waals surface area contributed by atoms with Crippen molar-refractivity contribution in [3.05, 3.63) is 50.5 Å². The maximum absolute atomic E-state index is 11.5. The van der Waals surface area contributed by atoms with Gasteiger partial charge >= 0.3 is 0 Å². The topological polar surface area (TPSA) is 42.0 Å². The second-order valence-electron chi connectivity index (χ2n) is 5.32.